The van der Waals surface area contributed by atoms with E-state index >= 15 is 0 Å². The van der Waals surface area contributed by atoms with Crippen LogP contribution in [0.15, 0.2) is 41.6 Å². The van der Waals surface area contributed by atoms with Crippen LogP contribution in [0.1, 0.15) is 46.6 Å². The van der Waals surface area contributed by atoms with Gasteiger partial charge in [-0.05, 0) is 18.1 Å². The van der Waals surface area contributed by atoms with E-state index in [9.17, 15) is 4.79 Å². The first kappa shape index (κ1) is 20.9. The minimum absolute atomic E-state index is 0.138. The Morgan fingerprint density at radius 2 is 1.83 bits per heavy atom. The zero-order valence-electron chi connectivity index (χ0n) is 15.1. The van der Waals surface area contributed by atoms with Gasteiger partial charge in [0.05, 0.1) is 12.8 Å². The highest BCUT2D eigenvalue weighted by Gasteiger charge is 2.21. The fourth-order valence-electron chi connectivity index (χ4n) is 1.51. The maximum Gasteiger partial charge on any atom is 0.346 e. The Morgan fingerprint density at radius 1 is 1.22 bits per heavy atom. The summed E-state index contributed by atoms with van der Waals surface area (Å²) in [6.45, 7) is 10.1. The maximum atomic E-state index is 11.1. The molecule has 4 nitrogen and oxygen atoms in total. The maximum absolute atomic E-state index is 11.1. The van der Waals surface area contributed by atoms with Gasteiger partial charge in [-0.3, -0.25) is 0 Å². The van der Waals surface area contributed by atoms with Crippen LogP contribution >= 0.6 is 0 Å². The van der Waals surface area contributed by atoms with Gasteiger partial charge >= 0.3 is 5.97 Å². The molecule has 0 saturated heterocycles. The molecule has 23 heavy (non-hydrogen) atoms. The van der Waals surface area contributed by atoms with Crippen LogP contribution in [0.4, 0.5) is 0 Å². The van der Waals surface area contributed by atoms with E-state index in [0.717, 1.165) is 17.7 Å². The van der Waals surface area contributed by atoms with Gasteiger partial charge in [-0.15, -0.1) is 0 Å². The second kappa shape index (κ2) is 11.5. The molecule has 0 atom stereocenters. The third-order valence-corrected chi connectivity index (χ3v) is 3.38. The molecule has 0 aromatic heterocycles. The fourth-order valence-corrected chi connectivity index (χ4v) is 1.51. The van der Waals surface area contributed by atoms with Crippen LogP contribution in [0.3, 0.4) is 0 Å². The van der Waals surface area contributed by atoms with Gasteiger partial charge in [-0.25, -0.2) is 4.79 Å². The number of hydrogen-bond acceptors (Lipinski definition) is 4. The standard InChI is InChI=1S/C17H23NO3.C2H6/c1-5-17(2,3)15(18-21-13-16(19)20-4)12-11-14-9-7-6-8-10-14;1-2/h6-12H,5,13H2,1-4H3;1-2H3/b12-11+,18-15+;. The van der Waals surface area contributed by atoms with Gasteiger partial charge in [0.25, 0.3) is 0 Å². The summed E-state index contributed by atoms with van der Waals surface area (Å²) in [4.78, 5) is 16.1. The van der Waals surface area contributed by atoms with Gasteiger partial charge < -0.3 is 9.57 Å². The van der Waals surface area contributed by atoms with Gasteiger partial charge in [0, 0.05) is 5.41 Å². The van der Waals surface area contributed by atoms with E-state index in [1.54, 1.807) is 0 Å². The van der Waals surface area contributed by atoms with Crippen LogP contribution in [0.2, 0.25) is 0 Å². The molecular weight excluding hydrogens is 290 g/mol. The zero-order valence-corrected chi connectivity index (χ0v) is 15.1. The number of ether oxygens (including phenoxy) is 1. The first-order valence-corrected chi connectivity index (χ1v) is 8.00. The van der Waals surface area contributed by atoms with Crippen molar-refractivity contribution < 1.29 is 14.4 Å². The van der Waals surface area contributed by atoms with Crippen molar-refractivity contribution in [3.63, 3.8) is 0 Å². The largest absolute Gasteiger partial charge is 0.466 e. The minimum Gasteiger partial charge on any atom is -0.466 e. The molecular formula is C19H29NO3. The van der Waals surface area contributed by atoms with Gasteiger partial charge in [0.15, 0.2) is 0 Å². The molecule has 0 N–H and O–H groups in total. The molecule has 0 saturated carbocycles. The van der Waals surface area contributed by atoms with Crippen LogP contribution in [-0.2, 0) is 14.4 Å². The SMILES string of the molecule is CC.CCC(C)(C)C(/C=C/c1ccccc1)=N/OCC(=O)OC. The van der Waals surface area contributed by atoms with Crippen LogP contribution < -0.4 is 0 Å². The zero-order chi connectivity index (χ0) is 17.7. The number of hydrogen-bond donors (Lipinski definition) is 0. The molecule has 0 spiro atoms. The average Bonchev–Trinajstić information content (AvgIpc) is 2.60. The van der Waals surface area contributed by atoms with E-state index in [-0.39, 0.29) is 12.0 Å². The Bertz CT molecular complexity index is 505. The van der Waals surface area contributed by atoms with Crippen molar-refractivity contribution >= 4 is 17.8 Å². The first-order valence-electron chi connectivity index (χ1n) is 8.00. The first-order chi connectivity index (χ1) is 11.0. The van der Waals surface area contributed by atoms with E-state index in [1.165, 1.54) is 7.11 Å². The summed E-state index contributed by atoms with van der Waals surface area (Å²) >= 11 is 0. The fraction of sp³-hybridized carbons (Fsp3) is 0.474. The number of carbonyl (C=O) groups excluding carboxylic acids is 1. The number of oxime groups is 1. The van der Waals surface area contributed by atoms with Gasteiger partial charge in [0.2, 0.25) is 6.61 Å². The summed E-state index contributed by atoms with van der Waals surface area (Å²) in [7, 11) is 1.32. The Balaban J connectivity index is 0.00000232. The lowest BCUT2D eigenvalue weighted by Gasteiger charge is -2.22. The lowest BCUT2D eigenvalue weighted by atomic mass is 9.84. The molecule has 0 heterocycles. The smallest absolute Gasteiger partial charge is 0.346 e. The molecule has 1 rings (SSSR count). The highest BCUT2D eigenvalue weighted by molar-refractivity contribution is 6.01. The van der Waals surface area contributed by atoms with Crippen molar-refractivity contribution in [2.75, 3.05) is 13.7 Å². The van der Waals surface area contributed by atoms with E-state index in [0.29, 0.717) is 0 Å². The number of allylic oxidation sites excluding steroid dienone is 1. The summed E-state index contributed by atoms with van der Waals surface area (Å²) < 4.78 is 4.52. The minimum atomic E-state index is -0.445. The summed E-state index contributed by atoms with van der Waals surface area (Å²) in [6.07, 6.45) is 4.82. The van der Waals surface area contributed by atoms with Crippen LogP contribution in [0.5, 0.6) is 0 Å². The predicted molar refractivity (Wildman–Crippen MR) is 96.3 cm³/mol. The molecule has 0 bridgehead atoms. The summed E-state index contributed by atoms with van der Waals surface area (Å²) in [5.74, 6) is -0.445. The molecule has 0 unspecified atom stereocenters. The topological polar surface area (TPSA) is 47.9 Å². The molecule has 4 heteroatoms. The molecule has 0 fully saturated rings. The third kappa shape index (κ3) is 8.19. The van der Waals surface area contributed by atoms with Crippen molar-refractivity contribution in [2.24, 2.45) is 10.6 Å². The van der Waals surface area contributed by atoms with Crippen molar-refractivity contribution in [3.05, 3.63) is 42.0 Å². The van der Waals surface area contributed by atoms with Crippen LogP contribution in [-0.4, -0.2) is 25.4 Å². The number of nitrogens with zero attached hydrogens (tertiary/aromatic N) is 1. The van der Waals surface area contributed by atoms with E-state index < -0.39 is 5.97 Å². The van der Waals surface area contributed by atoms with Gasteiger partial charge in [0.1, 0.15) is 0 Å². The highest BCUT2D eigenvalue weighted by Crippen LogP contribution is 2.23. The van der Waals surface area contributed by atoms with Crippen LogP contribution in [0.25, 0.3) is 6.08 Å². The summed E-state index contributed by atoms with van der Waals surface area (Å²) in [6, 6.07) is 9.97. The average molecular weight is 319 g/mol. The number of esters is 1. The molecule has 0 amide bonds. The molecule has 1 aromatic carbocycles. The number of carbonyl (C=O) groups is 1. The summed E-state index contributed by atoms with van der Waals surface area (Å²) in [5, 5.41) is 4.10. The highest BCUT2D eigenvalue weighted by atomic mass is 16.6. The lowest BCUT2D eigenvalue weighted by molar-refractivity contribution is -0.145. The Labute approximate surface area is 140 Å². The Kier molecular flexibility index (Phi) is 10.4. The Hall–Kier alpha value is -2.10. The third-order valence-electron chi connectivity index (χ3n) is 3.38. The van der Waals surface area contributed by atoms with Crippen molar-refractivity contribution in [1.82, 2.24) is 0 Å². The molecule has 128 valence electrons. The quantitative estimate of drug-likeness (QED) is 0.415. The normalized spacial score (nSPS) is 11.7. The van der Waals surface area contributed by atoms with Crippen molar-refractivity contribution in [1.29, 1.82) is 0 Å². The van der Waals surface area contributed by atoms with Crippen LogP contribution in [0, 0.1) is 5.41 Å². The van der Waals surface area contributed by atoms with Crippen molar-refractivity contribution in [2.45, 2.75) is 41.0 Å². The van der Waals surface area contributed by atoms with Crippen molar-refractivity contribution in [3.8, 4) is 0 Å². The second-order valence-corrected chi connectivity index (χ2v) is 5.31. The molecule has 0 aliphatic heterocycles. The Morgan fingerprint density at radius 3 is 2.35 bits per heavy atom. The molecule has 0 radical (unpaired) electrons. The second-order valence-electron chi connectivity index (χ2n) is 5.31. The number of benzene rings is 1. The molecule has 1 aromatic rings. The lowest BCUT2D eigenvalue weighted by Crippen LogP contribution is -2.22. The van der Waals surface area contributed by atoms with Gasteiger partial charge in [-0.2, -0.15) is 0 Å². The molecule has 0 aliphatic carbocycles. The van der Waals surface area contributed by atoms with E-state index in [2.05, 4.69) is 30.7 Å². The monoisotopic (exact) mass is 319 g/mol. The number of methoxy groups -OCH3 is 1. The van der Waals surface area contributed by atoms with E-state index in [1.807, 2.05) is 56.3 Å². The molecule has 0 aliphatic rings. The summed E-state index contributed by atoms with van der Waals surface area (Å²) in [5.41, 5.74) is 1.74. The van der Waals surface area contributed by atoms with Gasteiger partial charge in [-0.1, -0.05) is 76.2 Å². The number of rotatable bonds is 7. The predicted octanol–water partition coefficient (Wildman–Crippen LogP) is 4.71. The van der Waals surface area contributed by atoms with E-state index in [4.69, 9.17) is 4.84 Å².